The molecule has 5 aromatic rings. The summed E-state index contributed by atoms with van der Waals surface area (Å²) >= 11 is 0. The highest BCUT2D eigenvalue weighted by Gasteiger charge is 2.32. The number of rotatable bonds is 32. The van der Waals surface area contributed by atoms with E-state index in [0.29, 0.717) is 116 Å². The highest BCUT2D eigenvalue weighted by atomic mass is 16.6. The van der Waals surface area contributed by atoms with E-state index in [0.717, 1.165) is 122 Å². The molecule has 1 saturated carbocycles. The summed E-state index contributed by atoms with van der Waals surface area (Å²) in [5.41, 5.74) is 7.06. The largest absolute Gasteiger partial charge is 0.497 e. The Bertz CT molecular complexity index is 2950. The number of benzene rings is 2. The van der Waals surface area contributed by atoms with Gasteiger partial charge in [0.05, 0.1) is 96.0 Å². The average Bonchev–Trinajstić information content (AvgIpc) is 3.41. The molecule has 2 aromatic carbocycles. The molecule has 2 atom stereocenters. The normalized spacial score (nSPS) is 16.3. The molecule has 0 bridgehead atoms. The van der Waals surface area contributed by atoms with Crippen molar-refractivity contribution < 1.29 is 47.6 Å². The van der Waals surface area contributed by atoms with Crippen LogP contribution in [0.3, 0.4) is 0 Å². The summed E-state index contributed by atoms with van der Waals surface area (Å²) in [6.45, 7) is 14.0. The van der Waals surface area contributed by atoms with Crippen molar-refractivity contribution in [2.45, 2.75) is 90.3 Å². The molecule has 21 nitrogen and oxygen atoms in total. The molecule has 3 fully saturated rings. The maximum absolute atomic E-state index is 13.9. The molecule has 5 heterocycles. The van der Waals surface area contributed by atoms with Crippen LogP contribution in [-0.4, -0.2) is 180 Å². The third-order valence-electron chi connectivity index (χ3n) is 15.8. The molecule has 454 valence electrons. The lowest BCUT2D eigenvalue weighted by molar-refractivity contribution is -0.131. The number of methoxy groups -OCH3 is 1. The molecule has 4 amide bonds. The number of hydrogen-bond donors (Lipinski definition) is 5. The van der Waals surface area contributed by atoms with Crippen LogP contribution < -0.4 is 41.2 Å². The number of hydrogen-bond acceptors (Lipinski definition) is 16. The van der Waals surface area contributed by atoms with Gasteiger partial charge in [-0.25, -0.2) is 4.98 Å². The Balaban J connectivity index is 0.640. The van der Waals surface area contributed by atoms with E-state index in [1.165, 1.54) is 0 Å². The van der Waals surface area contributed by atoms with E-state index < -0.39 is 6.04 Å². The van der Waals surface area contributed by atoms with E-state index in [-0.39, 0.29) is 47.6 Å². The van der Waals surface area contributed by atoms with Crippen LogP contribution in [0.25, 0.3) is 11.0 Å². The lowest BCUT2D eigenvalue weighted by Gasteiger charge is -2.36. The van der Waals surface area contributed by atoms with Gasteiger partial charge in [0.2, 0.25) is 11.8 Å². The molecule has 2 saturated heterocycles. The van der Waals surface area contributed by atoms with E-state index in [4.69, 9.17) is 28.4 Å². The predicted octanol–water partition coefficient (Wildman–Crippen LogP) is 5.40. The Hall–Kier alpha value is -7.01. The van der Waals surface area contributed by atoms with Gasteiger partial charge >= 0.3 is 0 Å². The van der Waals surface area contributed by atoms with E-state index in [9.17, 15) is 24.0 Å². The summed E-state index contributed by atoms with van der Waals surface area (Å²) in [7, 11) is 1.62. The second-order valence-electron chi connectivity index (χ2n) is 21.6. The summed E-state index contributed by atoms with van der Waals surface area (Å²) in [5.74, 6) is 0.829. The van der Waals surface area contributed by atoms with Crippen molar-refractivity contribution in [3.8, 4) is 11.5 Å². The molecule has 21 heteroatoms. The minimum atomic E-state index is -0.667. The number of carbonyl (C=O) groups is 4. The molecular weight excluding hydrogens is 1070 g/mol. The van der Waals surface area contributed by atoms with Gasteiger partial charge in [0.15, 0.2) is 0 Å². The van der Waals surface area contributed by atoms with Crippen LogP contribution >= 0.6 is 0 Å². The molecular formula is C63H86N10O11. The number of ether oxygens (including phenoxy) is 6. The number of carbonyl (C=O) groups excluding carboxylic acids is 4. The molecule has 0 spiro atoms. The molecule has 1 unspecified atom stereocenters. The van der Waals surface area contributed by atoms with E-state index in [1.54, 1.807) is 25.4 Å². The standard InChI is InChI=1S/C63H86N10O11/c1-4-46-37-55-56(69-60(46)75)35-45(39-67-55)43-71-23-25-72(26-24-71)52-17-19-54(68-41-52)62(77)65-20-27-80-29-31-82-33-34-83-32-30-81-28-21-66-63(78)59(47-11-7-6-8-12-47)70-61(76)49-14-9-13-48(36-49)51-15-10-22-73(44-51)58(74)42-64-40-50-16-18-53(79-3)38-57(50)84-5-2/h9,13-14,16-19,35-39,41,47,51,59,64H,4-8,10-12,15,20-34,40,42-44H2,1-3H3,(H,65,77)(H,66,78)(H,69,75)(H,70,76)/t51?,59-/m0/s1. The number of aromatic amines is 1. The van der Waals surface area contributed by atoms with Crippen molar-refractivity contribution in [2.24, 2.45) is 5.92 Å². The zero-order valence-electron chi connectivity index (χ0n) is 49.3. The third kappa shape index (κ3) is 19.0. The smallest absolute Gasteiger partial charge is 0.269 e. The van der Waals surface area contributed by atoms with Crippen LogP contribution in [0.2, 0.25) is 0 Å². The number of piperazine rings is 1. The number of anilines is 1. The number of piperidine rings is 1. The van der Waals surface area contributed by atoms with Crippen LogP contribution in [-0.2, 0) is 48.0 Å². The molecule has 3 aromatic heterocycles. The van der Waals surface area contributed by atoms with Crippen molar-refractivity contribution in [1.29, 1.82) is 0 Å². The number of likely N-dealkylation sites (tertiary alicyclic amines) is 1. The third-order valence-corrected chi connectivity index (χ3v) is 15.8. The fourth-order valence-corrected chi connectivity index (χ4v) is 11.1. The Morgan fingerprint density at radius 1 is 0.726 bits per heavy atom. The number of H-pyrrole nitrogens is 1. The predicted molar refractivity (Wildman–Crippen MR) is 321 cm³/mol. The molecule has 5 N–H and O–H groups in total. The van der Waals surface area contributed by atoms with Crippen molar-refractivity contribution >= 4 is 40.3 Å². The van der Waals surface area contributed by atoms with Gasteiger partial charge in [0.25, 0.3) is 17.4 Å². The fraction of sp³-hybridized carbons (Fsp3) is 0.540. The monoisotopic (exact) mass is 1160 g/mol. The second-order valence-corrected chi connectivity index (χ2v) is 21.6. The fourth-order valence-electron chi connectivity index (χ4n) is 11.1. The van der Waals surface area contributed by atoms with Crippen LogP contribution in [0.1, 0.15) is 108 Å². The number of amides is 4. The van der Waals surface area contributed by atoms with Gasteiger partial charge in [-0.15, -0.1) is 0 Å². The second kappa shape index (κ2) is 33.5. The number of fused-ring (bicyclic) bond motifs is 1. The first kappa shape index (κ1) is 63.0. The van der Waals surface area contributed by atoms with Crippen molar-refractivity contribution in [3.05, 3.63) is 123 Å². The first-order valence-electron chi connectivity index (χ1n) is 30.1. The highest BCUT2D eigenvalue weighted by molar-refractivity contribution is 5.98. The van der Waals surface area contributed by atoms with Crippen molar-refractivity contribution in [3.63, 3.8) is 0 Å². The van der Waals surface area contributed by atoms with E-state index in [2.05, 4.69) is 46.0 Å². The quantitative estimate of drug-likeness (QED) is 0.0339. The van der Waals surface area contributed by atoms with Gasteiger partial charge in [-0.3, -0.25) is 33.9 Å². The Labute approximate surface area is 493 Å². The molecule has 1 aliphatic carbocycles. The first-order valence-corrected chi connectivity index (χ1v) is 30.1. The summed E-state index contributed by atoms with van der Waals surface area (Å²) in [6.07, 6.45) is 11.0. The summed E-state index contributed by atoms with van der Waals surface area (Å²) < 4.78 is 33.8. The van der Waals surface area contributed by atoms with Crippen LogP contribution in [0.15, 0.2) is 83.9 Å². The van der Waals surface area contributed by atoms with Gasteiger partial charge in [-0.1, -0.05) is 44.4 Å². The van der Waals surface area contributed by atoms with Gasteiger partial charge in [-0.05, 0) is 98.5 Å². The summed E-state index contributed by atoms with van der Waals surface area (Å²) in [6, 6.07) is 20.2. The maximum Gasteiger partial charge on any atom is 0.269 e. The number of aryl methyl sites for hydroxylation is 1. The zero-order valence-corrected chi connectivity index (χ0v) is 49.3. The Kier molecular flexibility index (Phi) is 25.1. The lowest BCUT2D eigenvalue weighted by atomic mass is 9.83. The van der Waals surface area contributed by atoms with Gasteiger partial charge in [0, 0.05) is 100 Å². The Morgan fingerprint density at radius 2 is 1.46 bits per heavy atom. The Morgan fingerprint density at radius 3 is 2.17 bits per heavy atom. The summed E-state index contributed by atoms with van der Waals surface area (Å²) in [5, 5.41) is 12.2. The van der Waals surface area contributed by atoms with Gasteiger partial charge < -0.3 is 64.5 Å². The minimum absolute atomic E-state index is 0.0276. The van der Waals surface area contributed by atoms with Gasteiger partial charge in [-0.2, -0.15) is 0 Å². The topological polar surface area (TPSA) is 240 Å². The SMILES string of the molecule is CCOc1cc(OC)ccc1CNCC(=O)N1CCCC(c2cccc(C(=O)N[C@H](C(=O)NCCOCCOCCOCCOCCNC(=O)c3ccc(N4CCN(Cc5cnc6cc(CC)c(=O)[nH]c6c5)CC4)cn3)C3CCCCC3)c2)C1. The van der Waals surface area contributed by atoms with Crippen LogP contribution in [0.4, 0.5) is 5.69 Å². The molecule has 84 heavy (non-hydrogen) atoms. The van der Waals surface area contributed by atoms with E-state index in [1.807, 2.05) is 79.5 Å². The number of pyridine rings is 3. The summed E-state index contributed by atoms with van der Waals surface area (Å²) in [4.78, 5) is 84.5. The zero-order chi connectivity index (χ0) is 58.9. The number of aromatic nitrogens is 3. The molecule has 2 aliphatic heterocycles. The lowest BCUT2D eigenvalue weighted by Crippen LogP contribution is -2.52. The molecule has 0 radical (unpaired) electrons. The van der Waals surface area contributed by atoms with Gasteiger partial charge in [0.1, 0.15) is 23.2 Å². The first-order chi connectivity index (χ1) is 41.1. The molecule has 3 aliphatic rings. The van der Waals surface area contributed by atoms with Crippen LogP contribution in [0.5, 0.6) is 11.5 Å². The minimum Gasteiger partial charge on any atom is -0.497 e. The number of nitrogens with one attached hydrogen (secondary N) is 5. The average molecular weight is 1160 g/mol. The van der Waals surface area contributed by atoms with Crippen LogP contribution in [0, 0.1) is 5.92 Å². The van der Waals surface area contributed by atoms with Crippen molar-refractivity contribution in [2.75, 3.05) is 130 Å². The molecule has 8 rings (SSSR count). The van der Waals surface area contributed by atoms with Crippen molar-refractivity contribution in [1.82, 2.24) is 46.0 Å². The highest BCUT2D eigenvalue weighted by Crippen LogP contribution is 2.30. The number of nitrogens with zero attached hydrogens (tertiary/aromatic N) is 5. The van der Waals surface area contributed by atoms with E-state index >= 15 is 0 Å². The maximum atomic E-state index is 13.9.